The molecule has 5 atom stereocenters. The van der Waals surface area contributed by atoms with E-state index in [9.17, 15) is 19.2 Å². The van der Waals surface area contributed by atoms with E-state index >= 15 is 4.39 Å². The number of Topliss-reactive ketones (excluding diaryl/α,β-unsaturated/α-hetero) is 2. The molecule has 3 heterocycles. The average Bonchev–Trinajstić information content (AvgIpc) is 3.70. The van der Waals surface area contributed by atoms with Gasteiger partial charge in [0.15, 0.2) is 5.82 Å². The third kappa shape index (κ3) is 4.84. The van der Waals surface area contributed by atoms with Gasteiger partial charge in [0.1, 0.15) is 29.6 Å². The minimum atomic E-state index is -0.998. The van der Waals surface area contributed by atoms with Gasteiger partial charge in [-0.3, -0.25) is 19.7 Å². The molecule has 2 saturated heterocycles. The third-order valence-electron chi connectivity index (χ3n) is 7.43. The molecule has 3 aliphatic rings. The van der Waals surface area contributed by atoms with Gasteiger partial charge in [0.05, 0.1) is 24.4 Å². The molecule has 1 aromatic carbocycles. The summed E-state index contributed by atoms with van der Waals surface area (Å²) in [6, 6.07) is 5.06. The van der Waals surface area contributed by atoms with Crippen LogP contribution in [0.3, 0.4) is 0 Å². The van der Waals surface area contributed by atoms with E-state index in [1.165, 1.54) is 30.2 Å². The summed E-state index contributed by atoms with van der Waals surface area (Å²) in [6.45, 7) is 2.15. The minimum absolute atomic E-state index is 0.0667. The van der Waals surface area contributed by atoms with Crippen LogP contribution in [0.2, 0.25) is 0 Å². The first-order valence-corrected chi connectivity index (χ1v) is 13.8. The van der Waals surface area contributed by atoms with E-state index in [2.05, 4.69) is 10.6 Å². The molecule has 3 fully saturated rings. The number of rotatable bonds is 8. The SMILES string of the molecule is COC(=O)C1CCCN1C(=O)c1cccc(NC2C(=O)C(=O)C2NC(c2ccc(C)o2)C2CCCS2)c1F. The lowest BCUT2D eigenvalue weighted by Gasteiger charge is -2.38. The molecule has 0 spiro atoms. The van der Waals surface area contributed by atoms with Crippen molar-refractivity contribution in [2.24, 2.45) is 0 Å². The highest BCUT2D eigenvalue weighted by atomic mass is 32.2. The van der Waals surface area contributed by atoms with Gasteiger partial charge in [-0.15, -0.1) is 0 Å². The fourth-order valence-corrected chi connectivity index (χ4v) is 6.78. The van der Waals surface area contributed by atoms with E-state index in [1.807, 2.05) is 19.1 Å². The Morgan fingerprint density at radius 1 is 1.13 bits per heavy atom. The first kappa shape index (κ1) is 26.4. The van der Waals surface area contributed by atoms with Crippen LogP contribution in [0.25, 0.3) is 0 Å². The van der Waals surface area contributed by atoms with Crippen molar-refractivity contribution in [2.45, 2.75) is 62.0 Å². The van der Waals surface area contributed by atoms with Crippen molar-refractivity contribution in [1.82, 2.24) is 10.2 Å². The van der Waals surface area contributed by atoms with Crippen LogP contribution in [-0.4, -0.2) is 71.1 Å². The number of nitrogens with one attached hydrogen (secondary N) is 2. The summed E-state index contributed by atoms with van der Waals surface area (Å²) in [4.78, 5) is 51.8. The summed E-state index contributed by atoms with van der Waals surface area (Å²) in [5.41, 5.74) is -0.289. The Labute approximate surface area is 223 Å². The maximum atomic E-state index is 15.6. The molecule has 2 aliphatic heterocycles. The molecule has 2 aromatic rings. The molecule has 9 nitrogen and oxygen atoms in total. The Morgan fingerprint density at radius 2 is 1.92 bits per heavy atom. The summed E-state index contributed by atoms with van der Waals surface area (Å²) in [5.74, 6) is -0.808. The number of carbonyl (C=O) groups is 4. The van der Waals surface area contributed by atoms with Gasteiger partial charge >= 0.3 is 5.97 Å². The Bertz CT molecular complexity index is 1260. The van der Waals surface area contributed by atoms with Crippen molar-refractivity contribution in [3.05, 3.63) is 53.2 Å². The van der Waals surface area contributed by atoms with E-state index in [1.54, 1.807) is 11.8 Å². The van der Waals surface area contributed by atoms with E-state index in [-0.39, 0.29) is 22.5 Å². The van der Waals surface area contributed by atoms with E-state index in [0.717, 1.165) is 24.4 Å². The number of ether oxygens (including phenoxy) is 1. The number of methoxy groups -OCH3 is 1. The van der Waals surface area contributed by atoms with Crippen LogP contribution < -0.4 is 10.6 Å². The van der Waals surface area contributed by atoms with Crippen LogP contribution >= 0.6 is 11.8 Å². The summed E-state index contributed by atoms with van der Waals surface area (Å²) in [5, 5.41) is 6.33. The van der Waals surface area contributed by atoms with E-state index in [4.69, 9.17) is 9.15 Å². The molecule has 1 amide bonds. The number of nitrogens with zero attached hydrogens (tertiary/aromatic N) is 1. The normalized spacial score (nSPS) is 25.8. The third-order valence-corrected chi connectivity index (χ3v) is 8.89. The Balaban J connectivity index is 1.35. The van der Waals surface area contributed by atoms with E-state index < -0.39 is 47.4 Å². The number of carbonyl (C=O) groups excluding carboxylic acids is 4. The zero-order valence-electron chi connectivity index (χ0n) is 21.2. The van der Waals surface area contributed by atoms with Crippen molar-refractivity contribution in [2.75, 3.05) is 24.7 Å². The fraction of sp³-hybridized carbons (Fsp3) is 0.481. The van der Waals surface area contributed by atoms with Gasteiger partial charge in [0.25, 0.3) is 5.91 Å². The lowest BCUT2D eigenvalue weighted by molar-refractivity contribution is -0.145. The Kier molecular flexibility index (Phi) is 7.58. The number of thioether (sulfide) groups is 1. The van der Waals surface area contributed by atoms with Gasteiger partial charge in [-0.05, 0) is 62.6 Å². The number of ketones is 2. The molecular weight excluding hydrogens is 513 g/mol. The van der Waals surface area contributed by atoms with Gasteiger partial charge < -0.3 is 19.4 Å². The monoisotopic (exact) mass is 543 g/mol. The second-order valence-electron chi connectivity index (χ2n) is 9.82. The van der Waals surface area contributed by atoms with Gasteiger partial charge in [-0.1, -0.05) is 6.07 Å². The Morgan fingerprint density at radius 3 is 2.61 bits per heavy atom. The number of benzene rings is 1. The van der Waals surface area contributed by atoms with Gasteiger partial charge in [-0.25, -0.2) is 9.18 Å². The van der Waals surface area contributed by atoms with Crippen LogP contribution in [-0.2, 0) is 19.1 Å². The smallest absolute Gasteiger partial charge is 0.328 e. The molecule has 0 radical (unpaired) electrons. The number of esters is 1. The summed E-state index contributed by atoms with van der Waals surface area (Å²) in [7, 11) is 1.25. The molecule has 202 valence electrons. The molecule has 38 heavy (non-hydrogen) atoms. The molecule has 2 N–H and O–H groups in total. The molecule has 11 heteroatoms. The predicted molar refractivity (Wildman–Crippen MR) is 138 cm³/mol. The van der Waals surface area contributed by atoms with Crippen molar-refractivity contribution < 1.29 is 32.7 Å². The maximum Gasteiger partial charge on any atom is 0.328 e. The van der Waals surface area contributed by atoms with Crippen molar-refractivity contribution in [3.8, 4) is 0 Å². The second kappa shape index (κ2) is 10.9. The standard InChI is InChI=1S/C27H30FN3O6S/c1-14-10-11-18(37-14)21(19-9-5-13-38-19)30-23-22(24(32)25(23)33)29-16-7-3-6-15(20(16)28)26(34)31-12-4-8-17(31)27(35)36-2/h3,6-7,10-11,17,19,21-23,29-30H,4-5,8-9,12-13H2,1-2H3. The first-order valence-electron chi connectivity index (χ1n) is 12.8. The molecule has 1 aromatic heterocycles. The number of likely N-dealkylation sites (tertiary alicyclic amines) is 1. The molecule has 0 bridgehead atoms. The first-order chi connectivity index (χ1) is 18.3. The number of hydrogen-bond acceptors (Lipinski definition) is 9. The highest BCUT2D eigenvalue weighted by molar-refractivity contribution is 8.00. The number of amides is 1. The lowest BCUT2D eigenvalue weighted by Crippen LogP contribution is -2.68. The van der Waals surface area contributed by atoms with Crippen LogP contribution in [0.15, 0.2) is 34.7 Å². The number of hydrogen-bond donors (Lipinski definition) is 2. The molecule has 5 unspecified atom stereocenters. The highest BCUT2D eigenvalue weighted by Crippen LogP contribution is 2.38. The van der Waals surface area contributed by atoms with Gasteiger partial charge in [0.2, 0.25) is 11.6 Å². The predicted octanol–water partition coefficient (Wildman–Crippen LogP) is 3.03. The number of aryl methyl sites for hydroxylation is 1. The lowest BCUT2D eigenvalue weighted by atomic mass is 9.81. The van der Waals surface area contributed by atoms with Crippen molar-refractivity contribution in [1.29, 1.82) is 0 Å². The summed E-state index contributed by atoms with van der Waals surface area (Å²) < 4.78 is 26.2. The van der Waals surface area contributed by atoms with Gasteiger partial charge in [-0.2, -0.15) is 11.8 Å². The quantitative estimate of drug-likeness (QED) is 0.383. The summed E-state index contributed by atoms with van der Waals surface area (Å²) in [6.07, 6.45) is 3.04. The van der Waals surface area contributed by atoms with Gasteiger partial charge in [0, 0.05) is 11.8 Å². The Hall–Kier alpha value is -3.18. The fourth-order valence-electron chi connectivity index (χ4n) is 5.41. The topological polar surface area (TPSA) is 118 Å². The maximum absolute atomic E-state index is 15.6. The van der Waals surface area contributed by atoms with Crippen molar-refractivity contribution >= 4 is 40.9 Å². The highest BCUT2D eigenvalue weighted by Gasteiger charge is 2.51. The molecule has 1 aliphatic carbocycles. The van der Waals surface area contributed by atoms with Crippen LogP contribution in [0.4, 0.5) is 10.1 Å². The zero-order valence-corrected chi connectivity index (χ0v) is 22.0. The summed E-state index contributed by atoms with van der Waals surface area (Å²) >= 11 is 1.79. The largest absolute Gasteiger partial charge is 0.467 e. The molecule has 5 rings (SSSR count). The zero-order chi connectivity index (χ0) is 27.0. The van der Waals surface area contributed by atoms with Crippen molar-refractivity contribution in [3.63, 3.8) is 0 Å². The number of anilines is 1. The van der Waals surface area contributed by atoms with Crippen LogP contribution in [0.1, 0.15) is 53.6 Å². The minimum Gasteiger partial charge on any atom is -0.467 e. The van der Waals surface area contributed by atoms with Crippen LogP contribution in [0, 0.1) is 12.7 Å². The van der Waals surface area contributed by atoms with E-state index in [0.29, 0.717) is 25.1 Å². The molecule has 1 saturated carbocycles. The van der Waals surface area contributed by atoms with Crippen LogP contribution in [0.5, 0.6) is 0 Å². The average molecular weight is 544 g/mol. The molecular formula is C27H30FN3O6S. The number of halogens is 1. The number of furan rings is 1. The second-order valence-corrected chi connectivity index (χ2v) is 11.2.